The smallest absolute Gasteiger partial charge is 0.191 e. The molecule has 1 fully saturated rings. The van der Waals surface area contributed by atoms with Gasteiger partial charge in [-0.1, -0.05) is 19.1 Å². The van der Waals surface area contributed by atoms with Crippen LogP contribution in [0.5, 0.6) is 5.75 Å². The van der Waals surface area contributed by atoms with Gasteiger partial charge < -0.3 is 24.8 Å². The first kappa shape index (κ1) is 26.0. The Labute approximate surface area is 193 Å². The van der Waals surface area contributed by atoms with Crippen molar-refractivity contribution < 1.29 is 14.2 Å². The van der Waals surface area contributed by atoms with Crippen LogP contribution < -0.4 is 15.4 Å². The molecule has 1 aliphatic heterocycles. The van der Waals surface area contributed by atoms with Crippen LogP contribution in [0.15, 0.2) is 29.3 Å². The lowest BCUT2D eigenvalue weighted by molar-refractivity contribution is 0.0893. The van der Waals surface area contributed by atoms with Gasteiger partial charge in [0.05, 0.1) is 20.3 Å². The summed E-state index contributed by atoms with van der Waals surface area (Å²) in [6, 6.07) is 8.32. The highest BCUT2D eigenvalue weighted by Crippen LogP contribution is 2.21. The van der Waals surface area contributed by atoms with Crippen molar-refractivity contribution in [3.8, 4) is 5.75 Å². The normalized spacial score (nSPS) is 17.5. The summed E-state index contributed by atoms with van der Waals surface area (Å²) < 4.78 is 16.3. The third kappa shape index (κ3) is 10.5. The first-order valence-corrected chi connectivity index (χ1v) is 10.5. The Bertz CT molecular complexity index is 563. The summed E-state index contributed by atoms with van der Waals surface area (Å²) in [5.74, 6) is 2.84. The number of hydrogen-bond donors (Lipinski definition) is 2. The molecule has 0 spiro atoms. The van der Waals surface area contributed by atoms with Gasteiger partial charge in [-0.15, -0.1) is 24.0 Å². The molecule has 1 aromatic carbocycles. The third-order valence-electron chi connectivity index (χ3n) is 4.99. The number of nitrogens with zero attached hydrogens (tertiary/aromatic N) is 1. The SMILES string of the molecule is CCNC(=NCCCOCC1CCOC1)NCCC(C)c1ccc(OC)cc1.I. The number of ether oxygens (including phenoxy) is 3. The maximum Gasteiger partial charge on any atom is 0.191 e. The van der Waals surface area contributed by atoms with Crippen molar-refractivity contribution in [3.63, 3.8) is 0 Å². The molecule has 0 bridgehead atoms. The summed E-state index contributed by atoms with van der Waals surface area (Å²) in [5, 5.41) is 6.75. The van der Waals surface area contributed by atoms with E-state index in [1.54, 1.807) is 7.11 Å². The van der Waals surface area contributed by atoms with Crippen LogP contribution in [0.4, 0.5) is 0 Å². The van der Waals surface area contributed by atoms with Gasteiger partial charge in [-0.05, 0) is 49.8 Å². The molecule has 1 heterocycles. The molecule has 29 heavy (non-hydrogen) atoms. The number of aliphatic imine (C=N–C) groups is 1. The van der Waals surface area contributed by atoms with Gasteiger partial charge in [0.2, 0.25) is 0 Å². The van der Waals surface area contributed by atoms with Crippen molar-refractivity contribution in [3.05, 3.63) is 29.8 Å². The van der Waals surface area contributed by atoms with Crippen LogP contribution in [-0.4, -0.2) is 59.1 Å². The molecule has 0 radical (unpaired) electrons. The van der Waals surface area contributed by atoms with Gasteiger partial charge in [-0.25, -0.2) is 0 Å². The number of nitrogens with one attached hydrogen (secondary N) is 2. The molecule has 0 aliphatic carbocycles. The van der Waals surface area contributed by atoms with E-state index in [4.69, 9.17) is 14.2 Å². The molecule has 7 heteroatoms. The molecule has 2 rings (SSSR count). The van der Waals surface area contributed by atoms with E-state index in [0.717, 1.165) is 77.0 Å². The number of methoxy groups -OCH3 is 1. The summed E-state index contributed by atoms with van der Waals surface area (Å²) in [6.45, 7) is 10.2. The number of guanidine groups is 1. The van der Waals surface area contributed by atoms with E-state index in [1.807, 2.05) is 12.1 Å². The van der Waals surface area contributed by atoms with Crippen LogP contribution in [0, 0.1) is 5.92 Å². The van der Waals surface area contributed by atoms with Gasteiger partial charge in [0.1, 0.15) is 5.75 Å². The minimum atomic E-state index is 0. The maximum absolute atomic E-state index is 5.74. The van der Waals surface area contributed by atoms with Crippen molar-refractivity contribution in [1.82, 2.24) is 10.6 Å². The molecule has 0 saturated carbocycles. The molecule has 2 atom stereocenters. The highest BCUT2D eigenvalue weighted by Gasteiger charge is 2.15. The monoisotopic (exact) mass is 519 g/mol. The fourth-order valence-electron chi connectivity index (χ4n) is 3.17. The van der Waals surface area contributed by atoms with Gasteiger partial charge in [0.25, 0.3) is 0 Å². The first-order valence-electron chi connectivity index (χ1n) is 10.5. The Balaban J connectivity index is 0.00000420. The minimum Gasteiger partial charge on any atom is -0.497 e. The van der Waals surface area contributed by atoms with Crippen molar-refractivity contribution >= 4 is 29.9 Å². The lowest BCUT2D eigenvalue weighted by atomic mass is 9.98. The standard InChI is InChI=1S/C22H37N3O3.HI/c1-4-23-22(24-12-5-14-27-16-19-11-15-28-17-19)25-13-10-18(2)20-6-8-21(26-3)9-7-20;/h6-9,18-19H,4-5,10-17H2,1-3H3,(H2,23,24,25);1H. The number of halogens is 1. The average Bonchev–Trinajstić information content (AvgIpc) is 3.24. The number of hydrogen-bond acceptors (Lipinski definition) is 4. The van der Waals surface area contributed by atoms with Crippen LogP contribution in [0.2, 0.25) is 0 Å². The molecule has 2 unspecified atom stereocenters. The van der Waals surface area contributed by atoms with Crippen molar-refractivity contribution in [1.29, 1.82) is 0 Å². The summed E-state index contributed by atoms with van der Waals surface area (Å²) >= 11 is 0. The van der Waals surface area contributed by atoms with E-state index < -0.39 is 0 Å². The number of benzene rings is 1. The zero-order valence-corrected chi connectivity index (χ0v) is 20.4. The van der Waals surface area contributed by atoms with E-state index in [2.05, 4.69) is 41.6 Å². The van der Waals surface area contributed by atoms with Crippen LogP contribution in [0.25, 0.3) is 0 Å². The van der Waals surface area contributed by atoms with Gasteiger partial charge in [-0.2, -0.15) is 0 Å². The zero-order valence-electron chi connectivity index (χ0n) is 18.1. The molecule has 166 valence electrons. The molecule has 0 aromatic heterocycles. The quantitative estimate of drug-likeness (QED) is 0.190. The predicted molar refractivity (Wildman–Crippen MR) is 130 cm³/mol. The largest absolute Gasteiger partial charge is 0.497 e. The van der Waals surface area contributed by atoms with E-state index >= 15 is 0 Å². The zero-order chi connectivity index (χ0) is 20.0. The summed E-state index contributed by atoms with van der Waals surface area (Å²) in [4.78, 5) is 4.65. The van der Waals surface area contributed by atoms with Gasteiger partial charge in [0, 0.05) is 38.8 Å². The van der Waals surface area contributed by atoms with Crippen LogP contribution >= 0.6 is 24.0 Å². The Morgan fingerprint density at radius 1 is 1.28 bits per heavy atom. The van der Waals surface area contributed by atoms with Gasteiger partial charge in [0.15, 0.2) is 5.96 Å². The molecular formula is C22H38IN3O3. The summed E-state index contributed by atoms with van der Waals surface area (Å²) in [6.07, 6.45) is 3.11. The molecular weight excluding hydrogens is 481 g/mol. The Morgan fingerprint density at radius 3 is 2.72 bits per heavy atom. The topological polar surface area (TPSA) is 64.1 Å². The van der Waals surface area contributed by atoms with Crippen molar-refractivity contribution in [2.45, 2.75) is 39.0 Å². The number of rotatable bonds is 12. The second kappa shape index (κ2) is 15.7. The average molecular weight is 519 g/mol. The van der Waals surface area contributed by atoms with Crippen LogP contribution in [0.1, 0.15) is 44.6 Å². The molecule has 2 N–H and O–H groups in total. The Hall–Kier alpha value is -1.06. The fraction of sp³-hybridized carbons (Fsp3) is 0.682. The molecule has 1 aliphatic rings. The molecule has 1 saturated heterocycles. The highest BCUT2D eigenvalue weighted by atomic mass is 127. The first-order chi connectivity index (χ1) is 13.7. The van der Waals surface area contributed by atoms with Crippen LogP contribution in [0.3, 0.4) is 0 Å². The lowest BCUT2D eigenvalue weighted by Crippen LogP contribution is -2.38. The third-order valence-corrected chi connectivity index (χ3v) is 4.99. The van der Waals surface area contributed by atoms with Crippen molar-refractivity contribution in [2.24, 2.45) is 10.9 Å². The van der Waals surface area contributed by atoms with Crippen LogP contribution in [-0.2, 0) is 9.47 Å². The van der Waals surface area contributed by atoms with Gasteiger partial charge in [-0.3, -0.25) is 4.99 Å². The van der Waals surface area contributed by atoms with Gasteiger partial charge >= 0.3 is 0 Å². The minimum absolute atomic E-state index is 0. The van der Waals surface area contributed by atoms with Crippen molar-refractivity contribution in [2.75, 3.05) is 53.2 Å². The Kier molecular flexibility index (Phi) is 14.1. The fourth-order valence-corrected chi connectivity index (χ4v) is 3.17. The lowest BCUT2D eigenvalue weighted by Gasteiger charge is -2.15. The second-order valence-electron chi connectivity index (χ2n) is 7.31. The predicted octanol–water partition coefficient (Wildman–Crippen LogP) is 3.81. The highest BCUT2D eigenvalue weighted by molar-refractivity contribution is 14.0. The van der Waals surface area contributed by atoms with E-state index in [1.165, 1.54) is 5.56 Å². The summed E-state index contributed by atoms with van der Waals surface area (Å²) in [5.41, 5.74) is 1.33. The Morgan fingerprint density at radius 2 is 2.07 bits per heavy atom. The van der Waals surface area contributed by atoms with E-state index in [9.17, 15) is 0 Å². The molecule has 1 aromatic rings. The van der Waals surface area contributed by atoms with E-state index in [-0.39, 0.29) is 24.0 Å². The summed E-state index contributed by atoms with van der Waals surface area (Å²) in [7, 11) is 1.70. The molecule has 0 amide bonds. The van der Waals surface area contributed by atoms with E-state index in [0.29, 0.717) is 11.8 Å². The second-order valence-corrected chi connectivity index (χ2v) is 7.31. The molecule has 6 nitrogen and oxygen atoms in total. The maximum atomic E-state index is 5.74.